The molecule has 0 bridgehead atoms. The van der Waals surface area contributed by atoms with Crippen LogP contribution in [0.2, 0.25) is 0 Å². The molecule has 8 rings (SSSR count). The Balaban J connectivity index is 0.794. The Kier molecular flexibility index (Phi) is 11.6. The first kappa shape index (κ1) is 41.0. The fourth-order valence-corrected chi connectivity index (χ4v) is 11.2. The molecule has 3 aromatic rings. The average Bonchev–Trinajstić information content (AvgIpc) is 3.66. The Hall–Kier alpha value is -4.79. The fourth-order valence-electron chi connectivity index (χ4n) is 9.71. The number of hydrogen-bond acceptors (Lipinski definition) is 11. The molecule has 0 radical (unpaired) electrons. The van der Waals surface area contributed by atoms with Crippen LogP contribution >= 0.6 is 11.8 Å². The zero-order valence-electron chi connectivity index (χ0n) is 34.4. The third-order valence-electron chi connectivity index (χ3n) is 13.0. The van der Waals surface area contributed by atoms with Crippen molar-refractivity contribution < 1.29 is 29.1 Å². The number of pyridine rings is 1. The van der Waals surface area contributed by atoms with Crippen LogP contribution in [0.25, 0.3) is 0 Å². The summed E-state index contributed by atoms with van der Waals surface area (Å²) >= 11 is 1.87. The molecule has 2 aromatic carbocycles. The number of carbonyl (C=O) groups excluding carboxylic acids is 5. The molecule has 5 heterocycles. The summed E-state index contributed by atoms with van der Waals surface area (Å²) in [6.07, 6.45) is 8.21. The van der Waals surface area contributed by atoms with Crippen molar-refractivity contribution in [2.75, 3.05) is 48.8 Å². The van der Waals surface area contributed by atoms with Crippen molar-refractivity contribution >= 4 is 58.4 Å². The minimum Gasteiger partial charge on any atom is -0.386 e. The summed E-state index contributed by atoms with van der Waals surface area (Å²) in [4.78, 5) is 75.6. The van der Waals surface area contributed by atoms with Gasteiger partial charge in [0, 0.05) is 54.1 Å². The van der Waals surface area contributed by atoms with Crippen LogP contribution in [0.1, 0.15) is 114 Å². The number of piperidine rings is 2. The number of rotatable bonds is 11. The van der Waals surface area contributed by atoms with Gasteiger partial charge in [0.25, 0.3) is 17.7 Å². The molecule has 2 saturated heterocycles. The molecule has 5 aliphatic rings. The molecular weight excluding hydrogens is 767 g/mol. The van der Waals surface area contributed by atoms with Crippen LogP contribution in [-0.4, -0.2) is 94.1 Å². The van der Waals surface area contributed by atoms with E-state index >= 15 is 0 Å². The normalized spacial score (nSPS) is 23.9. The highest BCUT2D eigenvalue weighted by Gasteiger charge is 2.46. The van der Waals surface area contributed by atoms with Crippen molar-refractivity contribution in [2.45, 2.75) is 100 Å². The summed E-state index contributed by atoms with van der Waals surface area (Å²) in [6, 6.07) is 13.7. The second-order valence-corrected chi connectivity index (χ2v) is 18.7. The van der Waals surface area contributed by atoms with Crippen LogP contribution in [0.5, 0.6) is 0 Å². The monoisotopic (exact) mass is 821 g/mol. The molecule has 0 spiro atoms. The van der Waals surface area contributed by atoms with Gasteiger partial charge < -0.3 is 25.5 Å². The number of benzene rings is 2. The number of likely N-dealkylation sites (tertiary alicyclic amines) is 1. The highest BCUT2D eigenvalue weighted by molar-refractivity contribution is 8.00. The van der Waals surface area contributed by atoms with Gasteiger partial charge in [-0.3, -0.25) is 34.2 Å². The largest absolute Gasteiger partial charge is 0.386 e. The van der Waals surface area contributed by atoms with Gasteiger partial charge in [0.2, 0.25) is 11.8 Å². The predicted octanol–water partition coefficient (Wildman–Crippen LogP) is 6.16. The first-order valence-electron chi connectivity index (χ1n) is 21.1. The van der Waals surface area contributed by atoms with E-state index in [1.54, 1.807) is 32.0 Å². The van der Waals surface area contributed by atoms with Gasteiger partial charge in [-0.25, -0.2) is 4.98 Å². The van der Waals surface area contributed by atoms with Gasteiger partial charge in [-0.15, -0.1) is 0 Å². The first-order valence-corrected chi connectivity index (χ1v) is 22.0. The quantitative estimate of drug-likeness (QED) is 0.164. The van der Waals surface area contributed by atoms with Gasteiger partial charge in [-0.2, -0.15) is 0 Å². The zero-order chi connectivity index (χ0) is 41.6. The van der Waals surface area contributed by atoms with Gasteiger partial charge in [0.05, 0.1) is 27.8 Å². The van der Waals surface area contributed by atoms with Gasteiger partial charge in [0.1, 0.15) is 11.7 Å². The van der Waals surface area contributed by atoms with E-state index in [0.29, 0.717) is 63.4 Å². The number of imide groups is 2. The van der Waals surface area contributed by atoms with E-state index in [1.807, 2.05) is 49.0 Å². The summed E-state index contributed by atoms with van der Waals surface area (Å²) in [5.74, 6) is -0.461. The molecule has 312 valence electrons. The number of aromatic nitrogens is 1. The number of amides is 5. The van der Waals surface area contributed by atoms with Crippen molar-refractivity contribution in [1.29, 1.82) is 0 Å². The topological polar surface area (TPSA) is 164 Å². The smallest absolute Gasteiger partial charge is 0.274 e. The number of nitrogens with zero attached hydrogens (tertiary/aromatic N) is 4. The van der Waals surface area contributed by atoms with Crippen LogP contribution in [0, 0.1) is 24.7 Å². The first-order chi connectivity index (χ1) is 28.2. The van der Waals surface area contributed by atoms with E-state index in [1.165, 1.54) is 25.7 Å². The minimum atomic E-state index is -1.15. The third-order valence-corrected chi connectivity index (χ3v) is 14.5. The molecule has 13 nitrogen and oxygen atoms in total. The number of aliphatic hydroxyl groups is 1. The van der Waals surface area contributed by atoms with E-state index < -0.39 is 29.4 Å². The molecule has 2 atom stereocenters. The lowest BCUT2D eigenvalue weighted by molar-refractivity contribution is -0.136. The summed E-state index contributed by atoms with van der Waals surface area (Å²) in [5.41, 5.74) is 3.57. The van der Waals surface area contributed by atoms with Crippen molar-refractivity contribution in [3.63, 3.8) is 0 Å². The summed E-state index contributed by atoms with van der Waals surface area (Å²) in [5, 5.41) is 20.2. The fraction of sp³-hybridized carbons (Fsp3) is 0.511. The van der Waals surface area contributed by atoms with Crippen LogP contribution < -0.4 is 20.9 Å². The second kappa shape index (κ2) is 16.7. The molecule has 4 aliphatic heterocycles. The standard InChI is InChI=1S/C45H55N7O6S/c1-26-7-5-10-33(47-26)40(54)48-34-24-37-36(23-31(34)45(2,3)58)50(4)44(59-37)29-13-11-28(12-14-29)25-51-21-18-27(19-22-51)17-20-46-32-9-6-8-30-39(32)43(57)52(42(30)56)35-15-16-38(53)49-41(35)55/h5-10,23-24,27-29,35,44,46,58H,11-22,25H2,1-4H3,(H,48,54)(H,49,53,55)/t28-,29-,35?,44?. The molecule has 1 aromatic heterocycles. The Labute approximate surface area is 350 Å². The summed E-state index contributed by atoms with van der Waals surface area (Å²) in [6.45, 7) is 9.35. The van der Waals surface area contributed by atoms with E-state index in [2.05, 4.69) is 37.8 Å². The average molecular weight is 822 g/mol. The Morgan fingerprint density at radius 3 is 2.39 bits per heavy atom. The molecule has 1 aliphatic carbocycles. The Bertz CT molecular complexity index is 2160. The zero-order valence-corrected chi connectivity index (χ0v) is 35.2. The Morgan fingerprint density at radius 1 is 0.932 bits per heavy atom. The maximum absolute atomic E-state index is 13.5. The molecular formula is C45H55N7O6S. The maximum atomic E-state index is 13.5. The molecule has 2 unspecified atom stereocenters. The van der Waals surface area contributed by atoms with Gasteiger partial charge in [-0.05, 0) is 139 Å². The summed E-state index contributed by atoms with van der Waals surface area (Å²) in [7, 11) is 2.16. The highest BCUT2D eigenvalue weighted by atomic mass is 32.2. The number of fused-ring (bicyclic) bond motifs is 2. The van der Waals surface area contributed by atoms with Crippen molar-refractivity contribution in [1.82, 2.24) is 20.1 Å². The van der Waals surface area contributed by atoms with Gasteiger partial charge in [-0.1, -0.05) is 23.9 Å². The lowest BCUT2D eigenvalue weighted by atomic mass is 9.81. The number of anilines is 3. The number of hydrogen-bond donors (Lipinski definition) is 4. The number of carbonyl (C=O) groups is 5. The molecule has 4 N–H and O–H groups in total. The minimum absolute atomic E-state index is 0.0924. The number of nitrogens with one attached hydrogen (secondary N) is 3. The number of thioether (sulfide) groups is 1. The van der Waals surface area contributed by atoms with Gasteiger partial charge in [0.15, 0.2) is 0 Å². The van der Waals surface area contributed by atoms with E-state index in [0.717, 1.165) is 60.1 Å². The second-order valence-electron chi connectivity index (χ2n) is 17.6. The van der Waals surface area contributed by atoms with Crippen LogP contribution in [0.4, 0.5) is 17.1 Å². The van der Waals surface area contributed by atoms with Crippen molar-refractivity contribution in [3.8, 4) is 0 Å². The van der Waals surface area contributed by atoms with E-state index in [9.17, 15) is 29.1 Å². The molecule has 59 heavy (non-hydrogen) atoms. The lowest BCUT2D eigenvalue weighted by Gasteiger charge is -2.39. The SMILES string of the molecule is Cc1cccc(C(=O)Nc2cc3c(cc2C(C)(C)O)N(C)C([C@H]2CC[C@H](CN4CCC(CCNc5cccc6c5C(=O)N(C5CCC(=O)NC5=O)C6=O)CC4)CC2)S3)n1. The summed E-state index contributed by atoms with van der Waals surface area (Å²) < 4.78 is 0. The van der Waals surface area contributed by atoms with E-state index in [4.69, 9.17) is 0 Å². The van der Waals surface area contributed by atoms with Gasteiger partial charge >= 0.3 is 0 Å². The van der Waals surface area contributed by atoms with Crippen molar-refractivity contribution in [2.24, 2.45) is 17.8 Å². The van der Waals surface area contributed by atoms with Crippen LogP contribution in [0.3, 0.4) is 0 Å². The third kappa shape index (κ3) is 8.49. The lowest BCUT2D eigenvalue weighted by Crippen LogP contribution is -2.54. The molecule has 1 saturated carbocycles. The Morgan fingerprint density at radius 2 is 1.68 bits per heavy atom. The van der Waals surface area contributed by atoms with Crippen LogP contribution in [0.15, 0.2) is 53.4 Å². The van der Waals surface area contributed by atoms with Crippen LogP contribution in [-0.2, 0) is 15.2 Å². The van der Waals surface area contributed by atoms with E-state index in [-0.39, 0.29) is 24.7 Å². The molecule has 3 fully saturated rings. The molecule has 14 heteroatoms. The number of aryl methyl sites for hydroxylation is 1. The highest BCUT2D eigenvalue weighted by Crippen LogP contribution is 2.51. The van der Waals surface area contributed by atoms with Crippen molar-refractivity contribution in [3.05, 3.63) is 76.6 Å². The maximum Gasteiger partial charge on any atom is 0.274 e. The molecule has 5 amide bonds. The predicted molar refractivity (Wildman–Crippen MR) is 227 cm³/mol.